The Hall–Kier alpha value is -0.130. The minimum Gasteiger partial charge on any atom is -0.396 e. The van der Waals surface area contributed by atoms with Gasteiger partial charge in [-0.15, -0.1) is 0 Å². The number of aliphatic hydroxyl groups is 1. The van der Waals surface area contributed by atoms with Crippen molar-refractivity contribution in [2.45, 2.75) is 62.8 Å². The van der Waals surface area contributed by atoms with Gasteiger partial charge in [0.15, 0.2) is 9.84 Å². The Labute approximate surface area is 105 Å². The molecular formula is C12H25NO3S. The first-order valence-electron chi connectivity index (χ1n) is 6.54. The van der Waals surface area contributed by atoms with Gasteiger partial charge in [-0.1, -0.05) is 19.8 Å². The van der Waals surface area contributed by atoms with Gasteiger partial charge in [0, 0.05) is 24.9 Å². The summed E-state index contributed by atoms with van der Waals surface area (Å²) in [6.07, 6.45) is 6.76. The van der Waals surface area contributed by atoms with E-state index in [9.17, 15) is 8.42 Å². The molecule has 0 radical (unpaired) electrons. The molecule has 102 valence electrons. The van der Waals surface area contributed by atoms with E-state index < -0.39 is 9.84 Å². The molecule has 0 aliphatic heterocycles. The minimum atomic E-state index is -2.97. The van der Waals surface area contributed by atoms with Crippen LogP contribution in [0, 0.1) is 0 Å². The second-order valence-corrected chi connectivity index (χ2v) is 7.31. The van der Waals surface area contributed by atoms with Crippen molar-refractivity contribution in [1.29, 1.82) is 0 Å². The van der Waals surface area contributed by atoms with Crippen LogP contribution in [0.3, 0.4) is 0 Å². The number of hydrogen-bond donors (Lipinski definition) is 2. The lowest BCUT2D eigenvalue weighted by atomic mass is 9.93. The molecule has 5 heteroatoms. The fourth-order valence-corrected chi connectivity index (χ4v) is 4.07. The molecule has 0 saturated heterocycles. The van der Waals surface area contributed by atoms with Crippen LogP contribution in [0.4, 0.5) is 0 Å². The zero-order chi connectivity index (χ0) is 12.9. The maximum absolute atomic E-state index is 11.7. The van der Waals surface area contributed by atoms with Gasteiger partial charge in [-0.05, 0) is 25.7 Å². The highest BCUT2D eigenvalue weighted by Crippen LogP contribution is 2.24. The highest BCUT2D eigenvalue weighted by Gasteiger charge is 2.33. The fraction of sp³-hybridized carbons (Fsp3) is 1.00. The van der Waals surface area contributed by atoms with Gasteiger partial charge >= 0.3 is 0 Å². The standard InChI is InChI=1S/C12H25NO3S/c1-3-10(8-9-14)13-11-6-4-5-7-12(11)17(2,15)16/h10-14H,3-9H2,1-2H3. The molecule has 17 heavy (non-hydrogen) atoms. The van der Waals surface area contributed by atoms with Crippen LogP contribution in [0.25, 0.3) is 0 Å². The van der Waals surface area contributed by atoms with Crippen molar-refractivity contribution in [3.05, 3.63) is 0 Å². The topological polar surface area (TPSA) is 66.4 Å². The lowest BCUT2D eigenvalue weighted by molar-refractivity contribution is 0.245. The van der Waals surface area contributed by atoms with Crippen molar-refractivity contribution in [3.63, 3.8) is 0 Å². The molecule has 1 saturated carbocycles. The minimum absolute atomic E-state index is 0.0650. The molecule has 0 heterocycles. The van der Waals surface area contributed by atoms with Crippen molar-refractivity contribution in [3.8, 4) is 0 Å². The van der Waals surface area contributed by atoms with Crippen molar-refractivity contribution in [1.82, 2.24) is 5.32 Å². The van der Waals surface area contributed by atoms with Crippen LogP contribution in [-0.4, -0.2) is 43.7 Å². The average molecular weight is 263 g/mol. The van der Waals surface area contributed by atoms with Crippen molar-refractivity contribution in [2.24, 2.45) is 0 Å². The van der Waals surface area contributed by atoms with Crippen LogP contribution in [0.1, 0.15) is 45.4 Å². The van der Waals surface area contributed by atoms with Gasteiger partial charge in [-0.25, -0.2) is 8.42 Å². The maximum Gasteiger partial charge on any atom is 0.151 e. The summed E-state index contributed by atoms with van der Waals surface area (Å²) in [7, 11) is -2.97. The van der Waals surface area contributed by atoms with Gasteiger partial charge in [0.25, 0.3) is 0 Å². The second kappa shape index (κ2) is 6.71. The van der Waals surface area contributed by atoms with Gasteiger partial charge in [0.1, 0.15) is 0 Å². The molecule has 2 N–H and O–H groups in total. The third-order valence-electron chi connectivity index (χ3n) is 3.67. The molecule has 1 rings (SSSR count). The number of aliphatic hydroxyl groups excluding tert-OH is 1. The summed E-state index contributed by atoms with van der Waals surface area (Å²) in [5, 5.41) is 12.1. The van der Waals surface area contributed by atoms with Gasteiger partial charge in [0.05, 0.1) is 5.25 Å². The molecule has 1 fully saturated rings. The Morgan fingerprint density at radius 1 is 1.35 bits per heavy atom. The first kappa shape index (κ1) is 14.9. The number of nitrogens with one attached hydrogen (secondary N) is 1. The lowest BCUT2D eigenvalue weighted by Crippen LogP contribution is -2.49. The molecule has 0 aromatic carbocycles. The van der Waals surface area contributed by atoms with E-state index >= 15 is 0 Å². The summed E-state index contributed by atoms with van der Waals surface area (Å²) in [4.78, 5) is 0. The molecule has 0 aromatic rings. The van der Waals surface area contributed by atoms with Crippen LogP contribution < -0.4 is 5.32 Å². The van der Waals surface area contributed by atoms with Crippen LogP contribution in [-0.2, 0) is 9.84 Å². The molecular weight excluding hydrogens is 238 g/mol. The van der Waals surface area contributed by atoms with E-state index in [0.29, 0.717) is 6.42 Å². The first-order chi connectivity index (χ1) is 7.99. The molecule has 3 unspecified atom stereocenters. The zero-order valence-corrected chi connectivity index (χ0v) is 11.7. The maximum atomic E-state index is 11.7. The molecule has 0 spiro atoms. The predicted octanol–water partition coefficient (Wildman–Crippen LogP) is 1.09. The van der Waals surface area contributed by atoms with Gasteiger partial charge < -0.3 is 10.4 Å². The average Bonchev–Trinajstić information content (AvgIpc) is 2.27. The molecule has 0 amide bonds. The highest BCUT2D eigenvalue weighted by atomic mass is 32.2. The Kier molecular flexibility index (Phi) is 5.89. The third-order valence-corrected chi connectivity index (χ3v) is 5.34. The smallest absolute Gasteiger partial charge is 0.151 e. The van der Waals surface area contributed by atoms with E-state index in [2.05, 4.69) is 12.2 Å². The van der Waals surface area contributed by atoms with Crippen LogP contribution >= 0.6 is 0 Å². The largest absolute Gasteiger partial charge is 0.396 e. The quantitative estimate of drug-likeness (QED) is 0.753. The number of rotatable bonds is 6. The highest BCUT2D eigenvalue weighted by molar-refractivity contribution is 7.91. The molecule has 0 aromatic heterocycles. The zero-order valence-electron chi connectivity index (χ0n) is 10.9. The Morgan fingerprint density at radius 3 is 2.53 bits per heavy atom. The summed E-state index contributed by atoms with van der Waals surface area (Å²) in [5.74, 6) is 0. The Balaban J connectivity index is 2.65. The van der Waals surface area contributed by atoms with E-state index in [1.165, 1.54) is 6.26 Å². The van der Waals surface area contributed by atoms with Gasteiger partial charge in [-0.2, -0.15) is 0 Å². The lowest BCUT2D eigenvalue weighted by Gasteiger charge is -2.33. The van der Waals surface area contributed by atoms with Crippen LogP contribution in [0.2, 0.25) is 0 Å². The van der Waals surface area contributed by atoms with E-state index in [4.69, 9.17) is 5.11 Å². The third kappa shape index (κ3) is 4.56. The van der Waals surface area contributed by atoms with Crippen molar-refractivity contribution in [2.75, 3.05) is 12.9 Å². The van der Waals surface area contributed by atoms with E-state index in [1.807, 2.05) is 0 Å². The molecule has 1 aliphatic rings. The Bertz CT molecular complexity index is 316. The molecule has 4 nitrogen and oxygen atoms in total. The van der Waals surface area contributed by atoms with Crippen molar-refractivity contribution < 1.29 is 13.5 Å². The summed E-state index contributed by atoms with van der Waals surface area (Å²) in [6, 6.07) is 0.294. The SMILES string of the molecule is CCC(CCO)NC1CCCCC1S(C)(=O)=O. The van der Waals surface area contributed by atoms with Crippen LogP contribution in [0.5, 0.6) is 0 Å². The van der Waals surface area contributed by atoms with Crippen molar-refractivity contribution >= 4 is 9.84 Å². The second-order valence-electron chi connectivity index (χ2n) is 5.04. The normalized spacial score (nSPS) is 27.9. The Morgan fingerprint density at radius 2 is 2.00 bits per heavy atom. The molecule has 1 aliphatic carbocycles. The van der Waals surface area contributed by atoms with Gasteiger partial charge in [-0.3, -0.25) is 0 Å². The van der Waals surface area contributed by atoms with E-state index in [1.54, 1.807) is 0 Å². The summed E-state index contributed by atoms with van der Waals surface area (Å²) in [5.41, 5.74) is 0. The summed E-state index contributed by atoms with van der Waals surface area (Å²) >= 11 is 0. The molecule has 0 bridgehead atoms. The number of sulfone groups is 1. The monoisotopic (exact) mass is 263 g/mol. The van der Waals surface area contributed by atoms with Gasteiger partial charge in [0.2, 0.25) is 0 Å². The predicted molar refractivity (Wildman–Crippen MR) is 69.8 cm³/mol. The van der Waals surface area contributed by atoms with E-state index in [0.717, 1.165) is 32.1 Å². The fourth-order valence-electron chi connectivity index (χ4n) is 2.66. The first-order valence-corrected chi connectivity index (χ1v) is 8.50. The molecule has 3 atom stereocenters. The summed E-state index contributed by atoms with van der Waals surface area (Å²) < 4.78 is 23.5. The van der Waals surface area contributed by atoms with E-state index in [-0.39, 0.29) is 23.9 Å². The number of hydrogen-bond acceptors (Lipinski definition) is 4. The van der Waals surface area contributed by atoms with Crippen LogP contribution in [0.15, 0.2) is 0 Å². The summed E-state index contributed by atoms with van der Waals surface area (Å²) in [6.45, 7) is 2.22.